The van der Waals surface area contributed by atoms with Crippen molar-refractivity contribution in [3.8, 4) is 0 Å². The smallest absolute Gasteiger partial charge is 0.256 e. The SMILES string of the molecule is O=[N+]([O-])C(Cl)(Sc1ccccc1)[N+](=O)[O-]. The summed E-state index contributed by atoms with van der Waals surface area (Å²) in [5.41, 5.74) is 0. The second kappa shape index (κ2) is 4.45. The van der Waals surface area contributed by atoms with Gasteiger partial charge in [0, 0.05) is 4.90 Å². The molecule has 0 radical (unpaired) electrons. The summed E-state index contributed by atoms with van der Waals surface area (Å²) in [6.07, 6.45) is 0. The molecule has 0 saturated heterocycles. The molecule has 0 fully saturated rings. The van der Waals surface area contributed by atoms with E-state index < -0.39 is 14.3 Å². The lowest BCUT2D eigenvalue weighted by Crippen LogP contribution is -2.36. The minimum absolute atomic E-state index is 0.362. The summed E-state index contributed by atoms with van der Waals surface area (Å²) in [6.45, 7) is 0. The predicted octanol–water partition coefficient (Wildman–Crippen LogP) is 2.18. The first kappa shape index (κ1) is 11.7. The van der Waals surface area contributed by atoms with Crippen LogP contribution >= 0.6 is 23.4 Å². The molecule has 0 N–H and O–H groups in total. The molecule has 1 rings (SSSR count). The van der Waals surface area contributed by atoms with Gasteiger partial charge in [0.15, 0.2) is 0 Å². The lowest BCUT2D eigenvalue weighted by molar-refractivity contribution is -0.732. The number of nitrogens with zero attached hydrogens (tertiary/aromatic N) is 2. The third-order valence-corrected chi connectivity index (χ3v) is 3.01. The van der Waals surface area contributed by atoms with E-state index in [0.717, 1.165) is 0 Å². The topological polar surface area (TPSA) is 86.3 Å². The summed E-state index contributed by atoms with van der Waals surface area (Å²) in [4.78, 5) is 19.1. The summed E-state index contributed by atoms with van der Waals surface area (Å²) in [6, 6.07) is 7.93. The Morgan fingerprint density at radius 3 is 2.00 bits per heavy atom. The maximum absolute atomic E-state index is 10.5. The van der Waals surface area contributed by atoms with Gasteiger partial charge in [-0.3, -0.25) is 20.2 Å². The predicted molar refractivity (Wildman–Crippen MR) is 54.9 cm³/mol. The van der Waals surface area contributed by atoms with Gasteiger partial charge in [-0.25, -0.2) is 0 Å². The zero-order valence-electron chi connectivity index (χ0n) is 7.20. The van der Waals surface area contributed by atoms with Gasteiger partial charge in [-0.1, -0.05) is 18.2 Å². The molecule has 0 bridgehead atoms. The van der Waals surface area contributed by atoms with Gasteiger partial charge in [-0.05, 0) is 12.1 Å². The lowest BCUT2D eigenvalue weighted by Gasteiger charge is -2.08. The Hall–Kier alpha value is -1.34. The average Bonchev–Trinajstić information content (AvgIpc) is 2.18. The van der Waals surface area contributed by atoms with Crippen molar-refractivity contribution >= 4 is 23.4 Å². The first-order valence-electron chi connectivity index (χ1n) is 3.69. The fourth-order valence-corrected chi connectivity index (χ4v) is 1.79. The number of hydrogen-bond donors (Lipinski definition) is 0. The number of benzene rings is 1. The molecule has 0 aliphatic carbocycles. The van der Waals surface area contributed by atoms with Crippen LogP contribution in [0.25, 0.3) is 0 Å². The van der Waals surface area contributed by atoms with Crippen molar-refractivity contribution in [2.24, 2.45) is 0 Å². The van der Waals surface area contributed by atoms with E-state index in [9.17, 15) is 20.2 Å². The van der Waals surface area contributed by atoms with E-state index in [-0.39, 0.29) is 0 Å². The van der Waals surface area contributed by atoms with E-state index in [2.05, 4.69) is 0 Å². The number of thioether (sulfide) groups is 1. The van der Waals surface area contributed by atoms with Crippen molar-refractivity contribution in [1.82, 2.24) is 0 Å². The summed E-state index contributed by atoms with van der Waals surface area (Å²) >= 11 is 5.68. The first-order valence-corrected chi connectivity index (χ1v) is 4.88. The highest BCUT2D eigenvalue weighted by Crippen LogP contribution is 2.37. The van der Waals surface area contributed by atoms with Crippen molar-refractivity contribution in [2.45, 2.75) is 9.35 Å². The molecule has 0 amide bonds. The minimum Gasteiger partial charge on any atom is -0.256 e. The Morgan fingerprint density at radius 1 is 1.13 bits per heavy atom. The van der Waals surface area contributed by atoms with Crippen LogP contribution in [0.15, 0.2) is 35.2 Å². The van der Waals surface area contributed by atoms with E-state index in [1.54, 1.807) is 18.2 Å². The fourth-order valence-electron chi connectivity index (χ4n) is 0.780. The van der Waals surface area contributed by atoms with Crippen LogP contribution < -0.4 is 0 Å². The molecule has 0 atom stereocenters. The minimum atomic E-state index is -2.76. The fraction of sp³-hybridized carbons (Fsp3) is 0.143. The largest absolute Gasteiger partial charge is 0.591 e. The van der Waals surface area contributed by atoms with Crippen LogP contribution in [0.5, 0.6) is 0 Å². The van der Waals surface area contributed by atoms with Gasteiger partial charge in [0.1, 0.15) is 9.85 Å². The highest BCUT2D eigenvalue weighted by molar-refractivity contribution is 8.01. The summed E-state index contributed by atoms with van der Waals surface area (Å²) in [7, 11) is 0. The lowest BCUT2D eigenvalue weighted by atomic mass is 10.4. The normalized spacial score (nSPS) is 11.0. The molecule has 0 heterocycles. The maximum Gasteiger partial charge on any atom is 0.591 e. The van der Waals surface area contributed by atoms with Crippen LogP contribution in [0.3, 0.4) is 0 Å². The third-order valence-electron chi connectivity index (χ3n) is 1.44. The summed E-state index contributed by atoms with van der Waals surface area (Å²) < 4.78 is -2.76. The average molecular weight is 249 g/mol. The summed E-state index contributed by atoms with van der Waals surface area (Å²) in [5, 5.41) is 21.0. The van der Waals surface area contributed by atoms with Crippen molar-refractivity contribution in [3.05, 3.63) is 50.6 Å². The molecule has 1 aromatic rings. The molecular formula is C7H5ClN2O4S. The van der Waals surface area contributed by atoms with Gasteiger partial charge < -0.3 is 0 Å². The third kappa shape index (κ3) is 2.57. The summed E-state index contributed by atoms with van der Waals surface area (Å²) in [5.74, 6) is 0. The van der Waals surface area contributed by atoms with E-state index in [0.29, 0.717) is 16.7 Å². The molecule has 1 aromatic carbocycles. The molecular weight excluding hydrogens is 244 g/mol. The van der Waals surface area contributed by atoms with Gasteiger partial charge >= 0.3 is 4.45 Å². The number of hydrogen-bond acceptors (Lipinski definition) is 5. The number of nitro groups is 2. The molecule has 15 heavy (non-hydrogen) atoms. The molecule has 8 heteroatoms. The van der Waals surface area contributed by atoms with Crippen LogP contribution in [-0.2, 0) is 0 Å². The van der Waals surface area contributed by atoms with Gasteiger partial charge in [-0.2, -0.15) is 0 Å². The highest BCUT2D eigenvalue weighted by atomic mass is 35.5. The Bertz CT molecular complexity index is 372. The zero-order chi connectivity index (χ0) is 11.5. The monoisotopic (exact) mass is 248 g/mol. The number of halogens is 1. The standard InChI is InChI=1S/C7H5ClN2O4S/c8-7(9(11)12,10(13)14)15-6-4-2-1-3-5-6/h1-5H. The molecule has 0 aromatic heterocycles. The van der Waals surface area contributed by atoms with Crippen LogP contribution in [0, 0.1) is 20.2 Å². The van der Waals surface area contributed by atoms with E-state index in [4.69, 9.17) is 11.6 Å². The molecule has 0 aliphatic heterocycles. The Labute approximate surface area is 93.5 Å². The highest BCUT2D eigenvalue weighted by Gasteiger charge is 2.56. The Balaban J connectivity index is 2.95. The van der Waals surface area contributed by atoms with E-state index in [1.807, 2.05) is 0 Å². The Kier molecular flexibility index (Phi) is 3.48. The second-order valence-corrected chi connectivity index (χ2v) is 4.45. The van der Waals surface area contributed by atoms with Crippen molar-refractivity contribution in [1.29, 1.82) is 0 Å². The van der Waals surface area contributed by atoms with Crippen LogP contribution in [0.4, 0.5) is 0 Å². The number of rotatable bonds is 4. The van der Waals surface area contributed by atoms with Crippen LogP contribution in [-0.4, -0.2) is 14.3 Å². The second-order valence-electron chi connectivity index (χ2n) is 2.46. The molecule has 0 spiro atoms. The Morgan fingerprint density at radius 2 is 1.60 bits per heavy atom. The zero-order valence-corrected chi connectivity index (χ0v) is 8.77. The first-order chi connectivity index (χ1) is 6.97. The van der Waals surface area contributed by atoms with Gasteiger partial charge in [0.05, 0.1) is 23.4 Å². The van der Waals surface area contributed by atoms with Gasteiger partial charge in [0.2, 0.25) is 0 Å². The van der Waals surface area contributed by atoms with E-state index >= 15 is 0 Å². The van der Waals surface area contributed by atoms with Crippen molar-refractivity contribution < 1.29 is 9.85 Å². The molecule has 0 aliphatic rings. The van der Waals surface area contributed by atoms with Crippen molar-refractivity contribution in [3.63, 3.8) is 0 Å². The van der Waals surface area contributed by atoms with Gasteiger partial charge in [-0.15, -0.1) is 0 Å². The van der Waals surface area contributed by atoms with Crippen molar-refractivity contribution in [2.75, 3.05) is 0 Å². The van der Waals surface area contributed by atoms with Gasteiger partial charge in [0.25, 0.3) is 0 Å². The molecule has 6 nitrogen and oxygen atoms in total. The molecule has 80 valence electrons. The van der Waals surface area contributed by atoms with Crippen LogP contribution in [0.1, 0.15) is 0 Å². The number of alkyl halides is 1. The van der Waals surface area contributed by atoms with E-state index in [1.165, 1.54) is 12.1 Å². The molecule has 0 saturated carbocycles. The quantitative estimate of drug-likeness (QED) is 0.204. The van der Waals surface area contributed by atoms with Crippen LogP contribution in [0.2, 0.25) is 0 Å². The molecule has 0 unspecified atom stereocenters. The maximum atomic E-state index is 10.5.